The van der Waals surface area contributed by atoms with E-state index in [0.29, 0.717) is 25.4 Å². The van der Waals surface area contributed by atoms with Gasteiger partial charge in [-0.1, -0.05) is 18.2 Å². The molecule has 0 aliphatic carbocycles. The summed E-state index contributed by atoms with van der Waals surface area (Å²) in [4.78, 5) is 26.3. The molecule has 1 saturated heterocycles. The van der Waals surface area contributed by atoms with E-state index in [1.807, 2.05) is 38.1 Å². The highest BCUT2D eigenvalue weighted by Crippen LogP contribution is 2.40. The lowest BCUT2D eigenvalue weighted by molar-refractivity contribution is -0.133. The molecular weight excluding hydrogens is 284 g/mol. The minimum absolute atomic E-state index is 0.0681. The smallest absolute Gasteiger partial charge is 0.325 e. The Kier molecular flexibility index (Phi) is 3.78. The monoisotopic (exact) mass is 304 g/mol. The van der Waals surface area contributed by atoms with Crippen LogP contribution in [-0.2, 0) is 15.1 Å². The van der Waals surface area contributed by atoms with Crippen molar-refractivity contribution in [1.29, 1.82) is 0 Å². The molecule has 1 aromatic carbocycles. The molecule has 6 nitrogen and oxygen atoms in total. The summed E-state index contributed by atoms with van der Waals surface area (Å²) in [6, 6.07) is 6.99. The molecule has 1 fully saturated rings. The summed E-state index contributed by atoms with van der Waals surface area (Å²) in [5.74, 6) is 0.434. The Hall–Kier alpha value is -2.08. The molecule has 6 heteroatoms. The second-order valence-corrected chi connectivity index (χ2v) is 5.81. The van der Waals surface area contributed by atoms with Crippen LogP contribution in [0.4, 0.5) is 4.79 Å². The average molecular weight is 304 g/mol. The Bertz CT molecular complexity index is 602. The van der Waals surface area contributed by atoms with Crippen LogP contribution in [0.1, 0.15) is 25.8 Å². The van der Waals surface area contributed by atoms with Gasteiger partial charge in [-0.2, -0.15) is 0 Å². The van der Waals surface area contributed by atoms with Gasteiger partial charge in [0.2, 0.25) is 0 Å². The van der Waals surface area contributed by atoms with E-state index < -0.39 is 5.54 Å². The molecule has 2 heterocycles. The van der Waals surface area contributed by atoms with Gasteiger partial charge in [-0.05, 0) is 19.9 Å². The second-order valence-electron chi connectivity index (χ2n) is 5.81. The van der Waals surface area contributed by atoms with E-state index in [0.717, 1.165) is 5.56 Å². The molecule has 3 rings (SSSR count). The molecule has 0 aromatic heterocycles. The summed E-state index contributed by atoms with van der Waals surface area (Å²) in [6.45, 7) is 4.84. The van der Waals surface area contributed by atoms with Crippen molar-refractivity contribution in [3.05, 3.63) is 29.8 Å². The van der Waals surface area contributed by atoms with Gasteiger partial charge >= 0.3 is 6.03 Å². The van der Waals surface area contributed by atoms with Crippen molar-refractivity contribution in [1.82, 2.24) is 10.2 Å². The standard InChI is InChI=1S/C16H20N2O4/c1-11(2)21-10-8-18-14(19)16(17-15(18)20)7-9-22-13-6-4-3-5-12(13)16/h3-6,11H,7-10H2,1-2H3,(H,17,20)/t16-/m1/s1. The first-order valence-electron chi connectivity index (χ1n) is 7.52. The quantitative estimate of drug-likeness (QED) is 0.859. The third-order valence-corrected chi connectivity index (χ3v) is 4.02. The maximum absolute atomic E-state index is 12.9. The molecule has 2 aliphatic heterocycles. The number of benzene rings is 1. The van der Waals surface area contributed by atoms with Crippen LogP contribution in [0.2, 0.25) is 0 Å². The zero-order chi connectivity index (χ0) is 15.7. The highest BCUT2D eigenvalue weighted by atomic mass is 16.5. The Balaban J connectivity index is 1.85. The first kappa shape index (κ1) is 14.8. The normalized spacial score (nSPS) is 23.7. The second kappa shape index (κ2) is 5.61. The van der Waals surface area contributed by atoms with Crippen molar-refractivity contribution in [3.8, 4) is 5.75 Å². The molecule has 1 spiro atoms. The van der Waals surface area contributed by atoms with Crippen LogP contribution < -0.4 is 10.1 Å². The summed E-state index contributed by atoms with van der Waals surface area (Å²) in [5, 5.41) is 2.87. The number of para-hydroxylation sites is 1. The van der Waals surface area contributed by atoms with Gasteiger partial charge in [0.1, 0.15) is 5.75 Å². The molecule has 3 amide bonds. The van der Waals surface area contributed by atoms with Crippen LogP contribution in [0.25, 0.3) is 0 Å². The fourth-order valence-electron chi connectivity index (χ4n) is 2.95. The number of nitrogens with zero attached hydrogens (tertiary/aromatic N) is 1. The van der Waals surface area contributed by atoms with Crippen molar-refractivity contribution in [2.45, 2.75) is 31.9 Å². The Labute approximate surface area is 129 Å². The highest BCUT2D eigenvalue weighted by Gasteiger charge is 2.54. The van der Waals surface area contributed by atoms with Crippen LogP contribution >= 0.6 is 0 Å². The molecular formula is C16H20N2O4. The van der Waals surface area contributed by atoms with E-state index in [9.17, 15) is 9.59 Å². The van der Waals surface area contributed by atoms with Crippen LogP contribution in [0.5, 0.6) is 5.75 Å². The van der Waals surface area contributed by atoms with Gasteiger partial charge in [0.15, 0.2) is 5.54 Å². The van der Waals surface area contributed by atoms with Crippen molar-refractivity contribution >= 4 is 11.9 Å². The highest BCUT2D eigenvalue weighted by molar-refractivity contribution is 6.07. The van der Waals surface area contributed by atoms with Gasteiger partial charge < -0.3 is 14.8 Å². The molecule has 0 saturated carbocycles. The molecule has 0 bridgehead atoms. The van der Waals surface area contributed by atoms with Crippen LogP contribution in [0, 0.1) is 0 Å². The Morgan fingerprint density at radius 2 is 2.14 bits per heavy atom. The number of fused-ring (bicyclic) bond motifs is 2. The first-order valence-corrected chi connectivity index (χ1v) is 7.52. The summed E-state index contributed by atoms with van der Waals surface area (Å²) in [6.07, 6.45) is 0.509. The number of urea groups is 1. The molecule has 1 aromatic rings. The molecule has 0 unspecified atom stereocenters. The number of hydrogen-bond acceptors (Lipinski definition) is 4. The fraction of sp³-hybridized carbons (Fsp3) is 0.500. The van der Waals surface area contributed by atoms with E-state index in [-0.39, 0.29) is 24.6 Å². The van der Waals surface area contributed by atoms with Crippen molar-refractivity contribution in [2.75, 3.05) is 19.8 Å². The number of hydrogen-bond donors (Lipinski definition) is 1. The number of rotatable bonds is 4. The van der Waals surface area contributed by atoms with Crippen molar-refractivity contribution in [3.63, 3.8) is 0 Å². The number of amides is 3. The predicted octanol–water partition coefficient (Wildman–Crippen LogP) is 1.64. The Morgan fingerprint density at radius 3 is 2.91 bits per heavy atom. The summed E-state index contributed by atoms with van der Waals surface area (Å²) >= 11 is 0. The first-order chi connectivity index (χ1) is 10.5. The van der Waals surface area contributed by atoms with Crippen molar-refractivity contribution < 1.29 is 19.1 Å². The lowest BCUT2D eigenvalue weighted by Gasteiger charge is -2.33. The molecule has 1 atom stereocenters. The predicted molar refractivity (Wildman–Crippen MR) is 79.6 cm³/mol. The van der Waals surface area contributed by atoms with Crippen LogP contribution in [0.15, 0.2) is 24.3 Å². The topological polar surface area (TPSA) is 67.9 Å². The number of imide groups is 1. The van der Waals surface area contributed by atoms with Gasteiger partial charge in [-0.25, -0.2) is 4.79 Å². The van der Waals surface area contributed by atoms with E-state index in [1.165, 1.54) is 4.90 Å². The van der Waals surface area contributed by atoms with E-state index >= 15 is 0 Å². The average Bonchev–Trinajstić information content (AvgIpc) is 2.72. The third-order valence-electron chi connectivity index (χ3n) is 4.02. The zero-order valence-electron chi connectivity index (χ0n) is 12.8. The fourth-order valence-corrected chi connectivity index (χ4v) is 2.95. The van der Waals surface area contributed by atoms with E-state index in [1.54, 1.807) is 0 Å². The lowest BCUT2D eigenvalue weighted by Crippen LogP contribution is -2.47. The van der Waals surface area contributed by atoms with Gasteiger partial charge in [0.25, 0.3) is 5.91 Å². The van der Waals surface area contributed by atoms with Crippen LogP contribution in [0.3, 0.4) is 0 Å². The largest absolute Gasteiger partial charge is 0.493 e. The maximum Gasteiger partial charge on any atom is 0.325 e. The van der Waals surface area contributed by atoms with Gasteiger partial charge in [-0.15, -0.1) is 0 Å². The van der Waals surface area contributed by atoms with Gasteiger partial charge in [-0.3, -0.25) is 9.69 Å². The minimum Gasteiger partial charge on any atom is -0.493 e. The van der Waals surface area contributed by atoms with Crippen LogP contribution in [-0.4, -0.2) is 42.7 Å². The van der Waals surface area contributed by atoms with E-state index in [4.69, 9.17) is 9.47 Å². The van der Waals surface area contributed by atoms with E-state index in [2.05, 4.69) is 5.32 Å². The number of ether oxygens (including phenoxy) is 2. The molecule has 1 N–H and O–H groups in total. The summed E-state index contributed by atoms with van der Waals surface area (Å²) in [7, 11) is 0. The van der Waals surface area contributed by atoms with Gasteiger partial charge in [0, 0.05) is 12.0 Å². The van der Waals surface area contributed by atoms with Gasteiger partial charge in [0.05, 0.1) is 25.9 Å². The molecule has 2 aliphatic rings. The lowest BCUT2D eigenvalue weighted by atomic mass is 9.84. The summed E-state index contributed by atoms with van der Waals surface area (Å²) in [5.41, 5.74) is -0.268. The Morgan fingerprint density at radius 1 is 1.36 bits per heavy atom. The number of carbonyl (C=O) groups is 2. The number of nitrogens with one attached hydrogen (secondary N) is 1. The molecule has 22 heavy (non-hydrogen) atoms. The maximum atomic E-state index is 12.9. The SMILES string of the molecule is CC(C)OCCN1C(=O)N[C@@]2(CCOc3ccccc32)C1=O. The zero-order valence-corrected chi connectivity index (χ0v) is 12.8. The molecule has 118 valence electrons. The third kappa shape index (κ3) is 2.33. The molecule has 0 radical (unpaired) electrons. The number of carbonyl (C=O) groups excluding carboxylic acids is 2. The minimum atomic E-state index is -0.996. The summed E-state index contributed by atoms with van der Waals surface area (Å²) < 4.78 is 11.0. The van der Waals surface area contributed by atoms with Crippen molar-refractivity contribution in [2.24, 2.45) is 0 Å².